The summed E-state index contributed by atoms with van der Waals surface area (Å²) >= 11 is 0. The van der Waals surface area contributed by atoms with Crippen molar-refractivity contribution in [1.29, 1.82) is 5.26 Å². The Labute approximate surface area is 114 Å². The molecule has 0 aliphatic heterocycles. The Kier molecular flexibility index (Phi) is 3.62. The molecule has 5 nitrogen and oxygen atoms in total. The van der Waals surface area contributed by atoms with Crippen molar-refractivity contribution in [2.45, 2.75) is 6.92 Å². The zero-order valence-electron chi connectivity index (χ0n) is 10.6. The second kappa shape index (κ2) is 5.36. The number of anilines is 2. The largest absolute Gasteiger partial charge is 0.349 e. The van der Waals surface area contributed by atoms with Gasteiger partial charge in [-0.15, -0.1) is 0 Å². The highest BCUT2D eigenvalue weighted by Crippen LogP contribution is 2.29. The van der Waals surface area contributed by atoms with Gasteiger partial charge in [-0.25, -0.2) is 4.39 Å². The number of nitrogens with one attached hydrogen (secondary N) is 1. The van der Waals surface area contributed by atoms with Crippen LogP contribution in [-0.4, -0.2) is 4.92 Å². The molecule has 0 aliphatic carbocycles. The maximum atomic E-state index is 13.1. The monoisotopic (exact) mass is 271 g/mol. The molecule has 0 saturated carbocycles. The summed E-state index contributed by atoms with van der Waals surface area (Å²) in [6, 6.07) is 10.3. The van der Waals surface area contributed by atoms with E-state index in [9.17, 15) is 14.5 Å². The standard InChI is InChI=1S/C14H10FN3O2/c1-9-2-4-12(10(6-9)8-16)17-13-5-3-11(15)7-14(13)18(19)20/h2-7,17H,1H3. The minimum atomic E-state index is -0.688. The van der Waals surface area contributed by atoms with Gasteiger partial charge in [0.15, 0.2) is 0 Å². The minimum Gasteiger partial charge on any atom is -0.349 e. The summed E-state index contributed by atoms with van der Waals surface area (Å²) in [5.41, 5.74) is 1.46. The van der Waals surface area contributed by atoms with E-state index in [1.54, 1.807) is 18.2 Å². The third-order valence-corrected chi connectivity index (χ3v) is 2.72. The predicted octanol–water partition coefficient (Wildman–Crippen LogP) is 3.66. The maximum absolute atomic E-state index is 13.1. The van der Waals surface area contributed by atoms with Crippen molar-refractivity contribution in [3.05, 3.63) is 63.5 Å². The highest BCUT2D eigenvalue weighted by atomic mass is 19.1. The lowest BCUT2D eigenvalue weighted by Crippen LogP contribution is -1.99. The molecule has 0 fully saturated rings. The lowest BCUT2D eigenvalue weighted by molar-refractivity contribution is -0.384. The molecular weight excluding hydrogens is 261 g/mol. The third-order valence-electron chi connectivity index (χ3n) is 2.72. The minimum absolute atomic E-state index is 0.136. The zero-order valence-corrected chi connectivity index (χ0v) is 10.6. The number of aryl methyl sites for hydroxylation is 1. The quantitative estimate of drug-likeness (QED) is 0.682. The van der Waals surface area contributed by atoms with Crippen LogP contribution in [-0.2, 0) is 0 Å². The van der Waals surface area contributed by atoms with Crippen molar-refractivity contribution in [1.82, 2.24) is 0 Å². The van der Waals surface area contributed by atoms with E-state index in [4.69, 9.17) is 5.26 Å². The molecule has 0 bridgehead atoms. The molecule has 0 spiro atoms. The molecular formula is C14H10FN3O2. The van der Waals surface area contributed by atoms with E-state index in [1.165, 1.54) is 6.07 Å². The lowest BCUT2D eigenvalue weighted by atomic mass is 10.1. The topological polar surface area (TPSA) is 79.0 Å². The van der Waals surface area contributed by atoms with E-state index in [1.807, 2.05) is 13.0 Å². The van der Waals surface area contributed by atoms with Crippen molar-refractivity contribution in [2.75, 3.05) is 5.32 Å². The van der Waals surface area contributed by atoms with Crippen molar-refractivity contribution in [3.8, 4) is 6.07 Å². The van der Waals surface area contributed by atoms with Gasteiger partial charge in [0.1, 0.15) is 17.6 Å². The molecule has 0 unspecified atom stereocenters. The number of nitriles is 1. The summed E-state index contributed by atoms with van der Waals surface area (Å²) in [6.07, 6.45) is 0. The molecule has 2 aromatic carbocycles. The van der Waals surface area contributed by atoms with Crippen molar-refractivity contribution < 1.29 is 9.31 Å². The van der Waals surface area contributed by atoms with E-state index in [0.29, 0.717) is 11.3 Å². The van der Waals surface area contributed by atoms with Gasteiger partial charge in [-0.05, 0) is 36.8 Å². The number of nitrogens with zero attached hydrogens (tertiary/aromatic N) is 2. The van der Waals surface area contributed by atoms with E-state index < -0.39 is 10.7 Å². The highest BCUT2D eigenvalue weighted by Gasteiger charge is 2.16. The SMILES string of the molecule is Cc1ccc(Nc2ccc(F)cc2[N+](=O)[O-])c(C#N)c1. The van der Waals surface area contributed by atoms with Crippen LogP contribution in [0.5, 0.6) is 0 Å². The molecule has 1 N–H and O–H groups in total. The number of nitro benzene ring substituents is 1. The number of halogens is 1. The van der Waals surface area contributed by atoms with Crippen LogP contribution < -0.4 is 5.32 Å². The van der Waals surface area contributed by atoms with Crippen LogP contribution in [0.15, 0.2) is 36.4 Å². The molecule has 0 radical (unpaired) electrons. The van der Waals surface area contributed by atoms with Crippen LogP contribution in [0.1, 0.15) is 11.1 Å². The Morgan fingerprint density at radius 3 is 2.60 bits per heavy atom. The maximum Gasteiger partial charge on any atom is 0.295 e. The highest BCUT2D eigenvalue weighted by molar-refractivity contribution is 5.73. The van der Waals surface area contributed by atoms with Crippen molar-refractivity contribution in [2.24, 2.45) is 0 Å². The van der Waals surface area contributed by atoms with Crippen LogP contribution >= 0.6 is 0 Å². The second-order valence-electron chi connectivity index (χ2n) is 4.20. The summed E-state index contributed by atoms with van der Waals surface area (Å²) in [4.78, 5) is 10.2. The fourth-order valence-electron chi connectivity index (χ4n) is 1.77. The molecule has 0 aromatic heterocycles. The molecule has 0 aliphatic rings. The van der Waals surface area contributed by atoms with Gasteiger partial charge in [0.25, 0.3) is 5.69 Å². The number of rotatable bonds is 3. The van der Waals surface area contributed by atoms with Crippen molar-refractivity contribution in [3.63, 3.8) is 0 Å². The Hall–Kier alpha value is -2.94. The molecule has 0 atom stereocenters. The van der Waals surface area contributed by atoms with E-state index in [0.717, 1.165) is 17.7 Å². The summed E-state index contributed by atoms with van der Waals surface area (Å²) in [5.74, 6) is -0.688. The summed E-state index contributed by atoms with van der Waals surface area (Å²) in [7, 11) is 0. The van der Waals surface area contributed by atoms with Crippen LogP contribution in [0.4, 0.5) is 21.5 Å². The van der Waals surface area contributed by atoms with Gasteiger partial charge in [-0.1, -0.05) is 6.07 Å². The second-order valence-corrected chi connectivity index (χ2v) is 4.20. The van der Waals surface area contributed by atoms with Gasteiger partial charge in [0.2, 0.25) is 0 Å². The van der Waals surface area contributed by atoms with Gasteiger partial charge >= 0.3 is 0 Å². The van der Waals surface area contributed by atoms with E-state index in [-0.39, 0.29) is 11.4 Å². The van der Waals surface area contributed by atoms with E-state index in [2.05, 4.69) is 5.32 Å². The lowest BCUT2D eigenvalue weighted by Gasteiger charge is -2.09. The first-order valence-corrected chi connectivity index (χ1v) is 5.73. The van der Waals surface area contributed by atoms with Crippen molar-refractivity contribution >= 4 is 17.1 Å². The number of hydrogen-bond donors (Lipinski definition) is 1. The summed E-state index contributed by atoms with van der Waals surface area (Å²) in [5, 5.41) is 22.8. The summed E-state index contributed by atoms with van der Waals surface area (Å²) < 4.78 is 13.1. The molecule has 0 heterocycles. The van der Waals surface area contributed by atoms with Gasteiger partial charge in [0.05, 0.1) is 22.2 Å². The van der Waals surface area contributed by atoms with Gasteiger partial charge < -0.3 is 5.32 Å². The molecule has 100 valence electrons. The normalized spacial score (nSPS) is 9.85. The fourth-order valence-corrected chi connectivity index (χ4v) is 1.77. The molecule has 6 heteroatoms. The Morgan fingerprint density at radius 1 is 1.25 bits per heavy atom. The van der Waals surface area contributed by atoms with Crippen LogP contribution in [0.3, 0.4) is 0 Å². The first-order valence-electron chi connectivity index (χ1n) is 5.73. The van der Waals surface area contributed by atoms with Gasteiger partial charge in [-0.3, -0.25) is 10.1 Å². The first kappa shape index (κ1) is 13.5. The zero-order chi connectivity index (χ0) is 14.7. The average molecular weight is 271 g/mol. The fraction of sp³-hybridized carbons (Fsp3) is 0.0714. The average Bonchev–Trinajstić information content (AvgIpc) is 2.42. The number of hydrogen-bond acceptors (Lipinski definition) is 4. The van der Waals surface area contributed by atoms with Crippen LogP contribution in [0, 0.1) is 34.2 Å². The Bertz CT molecular complexity index is 723. The van der Waals surface area contributed by atoms with Crippen LogP contribution in [0.25, 0.3) is 0 Å². The molecule has 0 saturated heterocycles. The molecule has 0 amide bonds. The number of nitro groups is 1. The number of benzene rings is 2. The molecule has 2 aromatic rings. The third kappa shape index (κ3) is 2.72. The Morgan fingerprint density at radius 2 is 1.95 bits per heavy atom. The molecule has 2 rings (SSSR count). The van der Waals surface area contributed by atoms with Crippen LogP contribution in [0.2, 0.25) is 0 Å². The first-order chi connectivity index (χ1) is 9.51. The summed E-state index contributed by atoms with van der Waals surface area (Å²) in [6.45, 7) is 1.84. The molecule has 20 heavy (non-hydrogen) atoms. The van der Waals surface area contributed by atoms with Gasteiger partial charge in [0, 0.05) is 0 Å². The predicted molar refractivity (Wildman–Crippen MR) is 72.2 cm³/mol. The van der Waals surface area contributed by atoms with E-state index >= 15 is 0 Å². The van der Waals surface area contributed by atoms with Gasteiger partial charge in [-0.2, -0.15) is 5.26 Å². The Balaban J connectivity index is 2.45. The smallest absolute Gasteiger partial charge is 0.295 e.